The van der Waals surface area contributed by atoms with E-state index in [1.54, 1.807) is 4.57 Å². The van der Waals surface area contributed by atoms with Crippen LogP contribution in [0.1, 0.15) is 5.82 Å². The number of rotatable bonds is 2. The molecule has 0 aliphatic rings. The topological polar surface area (TPSA) is 38.0 Å². The molecule has 0 aliphatic heterocycles. The number of para-hydroxylation sites is 2. The summed E-state index contributed by atoms with van der Waals surface area (Å²) in [6.45, 7) is -0.594. The first kappa shape index (κ1) is 9.86. The fraction of sp³-hybridized carbons (Fsp3) is 0.182. The Labute approximate surface area is 86.5 Å². The van der Waals surface area contributed by atoms with Crippen LogP contribution in [0.2, 0.25) is 0 Å². The number of imidazole rings is 1. The Morgan fingerprint density at radius 1 is 1.53 bits per heavy atom. The van der Waals surface area contributed by atoms with Crippen molar-refractivity contribution >= 4 is 17.1 Å². The summed E-state index contributed by atoms with van der Waals surface area (Å²) in [7, 11) is 1.81. The van der Waals surface area contributed by atoms with Gasteiger partial charge in [0.1, 0.15) is 11.7 Å². The van der Waals surface area contributed by atoms with E-state index in [1.807, 2.05) is 31.3 Å². The number of aliphatic hydroxyl groups excluding tert-OH is 1. The lowest BCUT2D eigenvalue weighted by atomic mass is 10.3. The average molecular weight is 206 g/mol. The number of aryl methyl sites for hydroxylation is 1. The predicted octanol–water partition coefficient (Wildman–Crippen LogP) is 1.88. The van der Waals surface area contributed by atoms with Crippen molar-refractivity contribution in [2.45, 2.75) is 0 Å². The summed E-state index contributed by atoms with van der Waals surface area (Å²) in [6.07, 6.45) is 1.24. The van der Waals surface area contributed by atoms with Gasteiger partial charge in [-0.3, -0.25) is 0 Å². The van der Waals surface area contributed by atoms with Gasteiger partial charge in [-0.05, 0) is 12.1 Å². The molecule has 1 heterocycles. The molecular weight excluding hydrogens is 195 g/mol. The van der Waals surface area contributed by atoms with Crippen LogP contribution in [0.4, 0.5) is 4.39 Å². The van der Waals surface area contributed by atoms with Gasteiger partial charge in [-0.25, -0.2) is 9.37 Å². The highest BCUT2D eigenvalue weighted by atomic mass is 19.1. The molecule has 1 aromatic heterocycles. The first-order chi connectivity index (χ1) is 7.22. The lowest BCUT2D eigenvalue weighted by Gasteiger charge is -1.96. The highest BCUT2D eigenvalue weighted by Crippen LogP contribution is 2.16. The second kappa shape index (κ2) is 3.82. The van der Waals surface area contributed by atoms with Crippen molar-refractivity contribution in [3.63, 3.8) is 0 Å². The summed E-state index contributed by atoms with van der Waals surface area (Å²) in [5.41, 5.74) is 1.76. The predicted molar refractivity (Wildman–Crippen MR) is 56.9 cm³/mol. The van der Waals surface area contributed by atoms with Gasteiger partial charge in [0.2, 0.25) is 0 Å². The molecule has 1 aromatic carbocycles. The van der Waals surface area contributed by atoms with Crippen molar-refractivity contribution in [2.24, 2.45) is 7.05 Å². The third kappa shape index (κ3) is 1.76. The minimum atomic E-state index is -0.594. The van der Waals surface area contributed by atoms with Crippen molar-refractivity contribution in [1.29, 1.82) is 0 Å². The van der Waals surface area contributed by atoms with Crippen LogP contribution in [0, 0.1) is 0 Å². The SMILES string of the molecule is Cn1c(/C=C(\F)CO)nc2ccccc21. The molecular formula is C11H11FN2O. The van der Waals surface area contributed by atoms with Crippen LogP contribution in [-0.4, -0.2) is 21.3 Å². The maximum atomic E-state index is 12.9. The zero-order valence-corrected chi connectivity index (χ0v) is 8.31. The summed E-state index contributed by atoms with van der Waals surface area (Å²) in [4.78, 5) is 4.24. The maximum absolute atomic E-state index is 12.9. The number of aliphatic hydroxyl groups is 1. The molecule has 0 radical (unpaired) electrons. The molecule has 2 rings (SSSR count). The van der Waals surface area contributed by atoms with Gasteiger partial charge in [-0.15, -0.1) is 0 Å². The molecule has 1 N–H and O–H groups in total. The van der Waals surface area contributed by atoms with Gasteiger partial charge < -0.3 is 9.67 Å². The Kier molecular flexibility index (Phi) is 2.51. The van der Waals surface area contributed by atoms with Crippen LogP contribution in [-0.2, 0) is 7.05 Å². The van der Waals surface area contributed by atoms with E-state index >= 15 is 0 Å². The number of aromatic nitrogens is 2. The van der Waals surface area contributed by atoms with Crippen molar-refractivity contribution in [1.82, 2.24) is 9.55 Å². The number of hydrogen-bond acceptors (Lipinski definition) is 2. The van der Waals surface area contributed by atoms with E-state index in [9.17, 15) is 4.39 Å². The number of benzene rings is 1. The molecule has 0 atom stereocenters. The molecule has 2 aromatic rings. The van der Waals surface area contributed by atoms with Gasteiger partial charge in [0.25, 0.3) is 0 Å². The summed E-state index contributed by atoms with van der Waals surface area (Å²) in [5.74, 6) is -0.0869. The Morgan fingerprint density at radius 2 is 2.27 bits per heavy atom. The first-order valence-corrected chi connectivity index (χ1v) is 4.61. The van der Waals surface area contributed by atoms with E-state index in [2.05, 4.69) is 4.98 Å². The quantitative estimate of drug-likeness (QED) is 0.814. The molecule has 0 spiro atoms. The Balaban J connectivity index is 2.58. The minimum absolute atomic E-state index is 0.503. The largest absolute Gasteiger partial charge is 0.389 e. The van der Waals surface area contributed by atoms with Gasteiger partial charge in [0.05, 0.1) is 17.6 Å². The van der Waals surface area contributed by atoms with Gasteiger partial charge in [-0.2, -0.15) is 0 Å². The molecule has 0 aliphatic carbocycles. The second-order valence-electron chi connectivity index (χ2n) is 3.27. The van der Waals surface area contributed by atoms with Crippen LogP contribution in [0.15, 0.2) is 30.1 Å². The molecule has 0 saturated heterocycles. The number of hydrogen-bond donors (Lipinski definition) is 1. The molecule has 0 fully saturated rings. The number of halogens is 1. The Bertz CT molecular complexity index is 516. The summed E-state index contributed by atoms with van der Waals surface area (Å²) in [6, 6.07) is 7.56. The fourth-order valence-electron chi connectivity index (χ4n) is 1.48. The standard InChI is InChI=1S/C11H11FN2O/c1-14-10-5-3-2-4-9(10)13-11(14)6-8(12)7-15/h2-6,15H,7H2,1H3/b8-6-. The van der Waals surface area contributed by atoms with Gasteiger partial charge in [0, 0.05) is 13.1 Å². The number of nitrogens with zero attached hydrogens (tertiary/aromatic N) is 2. The second-order valence-corrected chi connectivity index (χ2v) is 3.27. The van der Waals surface area contributed by atoms with Crippen LogP contribution in [0.25, 0.3) is 17.1 Å². The van der Waals surface area contributed by atoms with E-state index in [0.717, 1.165) is 11.0 Å². The van der Waals surface area contributed by atoms with E-state index in [4.69, 9.17) is 5.11 Å². The van der Waals surface area contributed by atoms with Crippen molar-refractivity contribution in [3.8, 4) is 0 Å². The van der Waals surface area contributed by atoms with Gasteiger partial charge >= 0.3 is 0 Å². The summed E-state index contributed by atoms with van der Waals surface area (Å²) in [5, 5.41) is 8.58. The van der Waals surface area contributed by atoms with Gasteiger partial charge in [-0.1, -0.05) is 12.1 Å². The summed E-state index contributed by atoms with van der Waals surface area (Å²) >= 11 is 0. The molecule has 0 amide bonds. The van der Waals surface area contributed by atoms with E-state index < -0.39 is 12.4 Å². The Hall–Kier alpha value is -1.68. The highest BCUT2D eigenvalue weighted by Gasteiger charge is 2.05. The maximum Gasteiger partial charge on any atom is 0.136 e. The molecule has 78 valence electrons. The summed E-state index contributed by atoms with van der Waals surface area (Å²) < 4.78 is 14.7. The molecule has 3 nitrogen and oxygen atoms in total. The highest BCUT2D eigenvalue weighted by molar-refractivity contribution is 5.77. The third-order valence-electron chi connectivity index (χ3n) is 2.26. The van der Waals surface area contributed by atoms with E-state index in [1.165, 1.54) is 6.08 Å². The third-order valence-corrected chi connectivity index (χ3v) is 2.26. The minimum Gasteiger partial charge on any atom is -0.389 e. The van der Waals surface area contributed by atoms with E-state index in [-0.39, 0.29) is 0 Å². The fourth-order valence-corrected chi connectivity index (χ4v) is 1.48. The first-order valence-electron chi connectivity index (χ1n) is 4.61. The van der Waals surface area contributed by atoms with Gasteiger partial charge in [0.15, 0.2) is 0 Å². The monoisotopic (exact) mass is 206 g/mol. The molecule has 4 heteroatoms. The Morgan fingerprint density at radius 3 is 2.93 bits per heavy atom. The zero-order valence-electron chi connectivity index (χ0n) is 8.31. The van der Waals surface area contributed by atoms with Crippen molar-refractivity contribution < 1.29 is 9.50 Å². The molecule has 0 saturated carbocycles. The average Bonchev–Trinajstić information content (AvgIpc) is 2.57. The molecule has 0 bridgehead atoms. The van der Waals surface area contributed by atoms with Crippen LogP contribution in [0.5, 0.6) is 0 Å². The van der Waals surface area contributed by atoms with Crippen molar-refractivity contribution in [2.75, 3.05) is 6.61 Å². The molecule has 0 unspecified atom stereocenters. The lowest BCUT2D eigenvalue weighted by molar-refractivity contribution is 0.300. The molecule has 15 heavy (non-hydrogen) atoms. The van der Waals surface area contributed by atoms with Crippen LogP contribution in [0.3, 0.4) is 0 Å². The van der Waals surface area contributed by atoms with Crippen LogP contribution >= 0.6 is 0 Å². The van der Waals surface area contributed by atoms with Crippen molar-refractivity contribution in [3.05, 3.63) is 35.9 Å². The normalized spacial score (nSPS) is 12.3. The lowest BCUT2D eigenvalue weighted by Crippen LogP contribution is -1.92. The zero-order chi connectivity index (χ0) is 10.8. The van der Waals surface area contributed by atoms with Crippen LogP contribution < -0.4 is 0 Å². The number of fused-ring (bicyclic) bond motifs is 1. The smallest absolute Gasteiger partial charge is 0.136 e. The van der Waals surface area contributed by atoms with E-state index in [0.29, 0.717) is 5.82 Å².